The zero-order valence-electron chi connectivity index (χ0n) is 16.5. The van der Waals surface area contributed by atoms with Gasteiger partial charge in [0.05, 0.1) is 23.6 Å². The molecule has 0 aromatic heterocycles. The average molecular weight is 420 g/mol. The highest BCUT2D eigenvalue weighted by atomic mass is 32.2. The Morgan fingerprint density at radius 1 is 1.20 bits per heavy atom. The number of carbonyl (C=O) groups is 2. The number of ether oxygens (including phenoxy) is 1. The van der Waals surface area contributed by atoms with Crippen LogP contribution in [0.1, 0.15) is 19.4 Å². The Morgan fingerprint density at radius 3 is 2.53 bits per heavy atom. The first kappa shape index (κ1) is 21.3. The highest BCUT2D eigenvalue weighted by Crippen LogP contribution is 2.24. The Kier molecular flexibility index (Phi) is 6.99. The standard InChI is InChI=1S/C22H20N4O3S/c1-3-29-17-11-9-16(10-12-17)24-20(27)14(2)30-22-25-19(15-7-5-4-6-8-15)18(13-23)21(28)26-22/h4-12,14,18H,3H2,1-2H3,(H,24,27). The van der Waals surface area contributed by atoms with Crippen LogP contribution in [0.3, 0.4) is 0 Å². The Bertz CT molecular complexity index is 1030. The van der Waals surface area contributed by atoms with Crippen LogP contribution in [-0.4, -0.2) is 34.6 Å². The van der Waals surface area contributed by atoms with E-state index < -0.39 is 17.1 Å². The second kappa shape index (κ2) is 9.85. The van der Waals surface area contributed by atoms with Gasteiger partial charge in [0.1, 0.15) is 5.75 Å². The summed E-state index contributed by atoms with van der Waals surface area (Å²) < 4.78 is 5.39. The molecule has 2 amide bonds. The van der Waals surface area contributed by atoms with Gasteiger partial charge in [0.25, 0.3) is 5.91 Å². The van der Waals surface area contributed by atoms with E-state index >= 15 is 0 Å². The van der Waals surface area contributed by atoms with Gasteiger partial charge < -0.3 is 10.1 Å². The number of hydrogen-bond acceptors (Lipinski definition) is 6. The molecule has 0 saturated heterocycles. The van der Waals surface area contributed by atoms with E-state index in [1.54, 1.807) is 43.3 Å². The Balaban J connectivity index is 1.71. The molecule has 1 N–H and O–H groups in total. The number of hydrogen-bond donors (Lipinski definition) is 1. The van der Waals surface area contributed by atoms with E-state index in [2.05, 4.69) is 15.3 Å². The van der Waals surface area contributed by atoms with Crippen LogP contribution in [0.25, 0.3) is 0 Å². The van der Waals surface area contributed by atoms with Crippen LogP contribution < -0.4 is 10.1 Å². The molecular formula is C22H20N4O3S. The number of rotatable bonds is 6. The molecule has 3 rings (SSSR count). The van der Waals surface area contributed by atoms with Crippen molar-refractivity contribution in [3.8, 4) is 11.8 Å². The van der Waals surface area contributed by atoms with E-state index in [0.717, 1.165) is 17.5 Å². The second-order valence-electron chi connectivity index (χ2n) is 6.36. The van der Waals surface area contributed by atoms with Crippen molar-refractivity contribution in [2.24, 2.45) is 15.9 Å². The van der Waals surface area contributed by atoms with Crippen molar-refractivity contribution in [1.29, 1.82) is 5.26 Å². The molecule has 152 valence electrons. The quantitative estimate of drug-likeness (QED) is 0.768. The molecule has 2 atom stereocenters. The fraction of sp³-hybridized carbons (Fsp3) is 0.227. The largest absolute Gasteiger partial charge is 0.494 e. The summed E-state index contributed by atoms with van der Waals surface area (Å²) in [5.74, 6) is -1.15. The van der Waals surface area contributed by atoms with E-state index in [1.165, 1.54) is 0 Å². The minimum atomic E-state index is -1.05. The molecule has 1 aliphatic heterocycles. The molecule has 1 aliphatic rings. The first-order chi connectivity index (χ1) is 14.5. The minimum Gasteiger partial charge on any atom is -0.494 e. The van der Waals surface area contributed by atoms with Crippen LogP contribution in [-0.2, 0) is 9.59 Å². The smallest absolute Gasteiger partial charge is 0.271 e. The van der Waals surface area contributed by atoms with Crippen LogP contribution in [0.5, 0.6) is 5.75 Å². The lowest BCUT2D eigenvalue weighted by molar-refractivity contribution is -0.118. The van der Waals surface area contributed by atoms with Crippen LogP contribution in [0.4, 0.5) is 5.69 Å². The number of thioether (sulfide) groups is 1. The zero-order valence-corrected chi connectivity index (χ0v) is 17.3. The molecular weight excluding hydrogens is 400 g/mol. The van der Waals surface area contributed by atoms with Gasteiger partial charge in [0.15, 0.2) is 11.1 Å². The van der Waals surface area contributed by atoms with Crippen molar-refractivity contribution >= 4 is 40.1 Å². The maximum Gasteiger partial charge on any atom is 0.271 e. The molecule has 0 spiro atoms. The predicted molar refractivity (Wildman–Crippen MR) is 118 cm³/mol. The third-order valence-electron chi connectivity index (χ3n) is 4.23. The summed E-state index contributed by atoms with van der Waals surface area (Å²) in [7, 11) is 0. The minimum absolute atomic E-state index is 0.166. The summed E-state index contributed by atoms with van der Waals surface area (Å²) in [4.78, 5) is 33.2. The normalized spacial score (nSPS) is 16.7. The Morgan fingerprint density at radius 2 is 1.90 bits per heavy atom. The number of carbonyl (C=O) groups excluding carboxylic acids is 2. The number of amidine groups is 1. The monoisotopic (exact) mass is 420 g/mol. The number of nitrogens with one attached hydrogen (secondary N) is 1. The molecule has 0 radical (unpaired) electrons. The van der Waals surface area contributed by atoms with Gasteiger partial charge >= 0.3 is 0 Å². The van der Waals surface area contributed by atoms with Gasteiger partial charge in [0.2, 0.25) is 5.91 Å². The molecule has 0 fully saturated rings. The van der Waals surface area contributed by atoms with Crippen molar-refractivity contribution in [1.82, 2.24) is 0 Å². The van der Waals surface area contributed by atoms with Gasteiger partial charge in [-0.05, 0) is 43.7 Å². The summed E-state index contributed by atoms with van der Waals surface area (Å²) in [6.45, 7) is 4.17. The van der Waals surface area contributed by atoms with Gasteiger partial charge in [0, 0.05) is 5.69 Å². The van der Waals surface area contributed by atoms with E-state index in [4.69, 9.17) is 4.74 Å². The lowest BCUT2D eigenvalue weighted by atomic mass is 9.96. The van der Waals surface area contributed by atoms with Gasteiger partial charge in [-0.2, -0.15) is 10.3 Å². The average Bonchev–Trinajstić information content (AvgIpc) is 2.75. The number of aliphatic imine (C=N–C) groups is 2. The molecule has 7 nitrogen and oxygen atoms in total. The molecule has 30 heavy (non-hydrogen) atoms. The number of amides is 2. The van der Waals surface area contributed by atoms with E-state index in [-0.39, 0.29) is 11.1 Å². The summed E-state index contributed by atoms with van der Waals surface area (Å²) >= 11 is 1.07. The van der Waals surface area contributed by atoms with Crippen LogP contribution in [0.2, 0.25) is 0 Å². The van der Waals surface area contributed by atoms with Crippen LogP contribution in [0, 0.1) is 17.2 Å². The molecule has 1 heterocycles. The Hall–Kier alpha value is -3.44. The second-order valence-corrected chi connectivity index (χ2v) is 7.67. The third kappa shape index (κ3) is 5.13. The van der Waals surface area contributed by atoms with Crippen molar-refractivity contribution in [3.05, 3.63) is 60.2 Å². The molecule has 2 aromatic rings. The molecule has 0 saturated carbocycles. The van der Waals surface area contributed by atoms with Gasteiger partial charge in [-0.3, -0.25) is 9.59 Å². The zero-order chi connectivity index (χ0) is 21.5. The maximum atomic E-state index is 12.5. The first-order valence-electron chi connectivity index (χ1n) is 9.38. The SMILES string of the molecule is CCOc1ccc(NC(=O)C(C)SC2=NC(=O)C(C#N)C(c3ccccc3)=N2)cc1. The van der Waals surface area contributed by atoms with Crippen molar-refractivity contribution in [2.75, 3.05) is 11.9 Å². The van der Waals surface area contributed by atoms with Crippen molar-refractivity contribution in [2.45, 2.75) is 19.1 Å². The fourth-order valence-corrected chi connectivity index (χ4v) is 3.51. The predicted octanol–water partition coefficient (Wildman–Crippen LogP) is 3.67. The van der Waals surface area contributed by atoms with Crippen LogP contribution >= 0.6 is 11.8 Å². The summed E-state index contributed by atoms with van der Waals surface area (Å²) in [6, 6.07) is 18.0. The highest BCUT2D eigenvalue weighted by Gasteiger charge is 2.31. The van der Waals surface area contributed by atoms with Gasteiger partial charge in [-0.25, -0.2) is 4.99 Å². The van der Waals surface area contributed by atoms with E-state index in [1.807, 2.05) is 31.2 Å². The summed E-state index contributed by atoms with van der Waals surface area (Å²) in [5, 5.41) is 11.8. The van der Waals surface area contributed by atoms with E-state index in [0.29, 0.717) is 23.6 Å². The summed E-state index contributed by atoms with van der Waals surface area (Å²) in [6.07, 6.45) is 0. The Labute approximate surface area is 178 Å². The third-order valence-corrected chi connectivity index (χ3v) is 5.19. The maximum absolute atomic E-state index is 12.5. The molecule has 2 aromatic carbocycles. The number of benzene rings is 2. The molecule has 2 unspecified atom stereocenters. The highest BCUT2D eigenvalue weighted by molar-refractivity contribution is 8.15. The van der Waals surface area contributed by atoms with Crippen molar-refractivity contribution < 1.29 is 14.3 Å². The van der Waals surface area contributed by atoms with Crippen LogP contribution in [0.15, 0.2) is 64.6 Å². The lowest BCUT2D eigenvalue weighted by Crippen LogP contribution is -2.29. The number of nitriles is 1. The van der Waals surface area contributed by atoms with Gasteiger partial charge in [-0.1, -0.05) is 42.1 Å². The first-order valence-corrected chi connectivity index (χ1v) is 10.3. The number of anilines is 1. The molecule has 8 heteroatoms. The van der Waals surface area contributed by atoms with Crippen molar-refractivity contribution in [3.63, 3.8) is 0 Å². The molecule has 0 aliphatic carbocycles. The molecule has 0 bridgehead atoms. The van der Waals surface area contributed by atoms with E-state index in [9.17, 15) is 14.9 Å². The fourth-order valence-electron chi connectivity index (χ4n) is 2.73. The van der Waals surface area contributed by atoms with Gasteiger partial charge in [-0.15, -0.1) is 0 Å². The topological polar surface area (TPSA) is 104 Å². The lowest BCUT2D eigenvalue weighted by Gasteiger charge is -2.17. The number of nitrogens with zero attached hydrogens (tertiary/aromatic N) is 3. The summed E-state index contributed by atoms with van der Waals surface area (Å²) in [5.41, 5.74) is 1.66.